The number of benzene rings is 1. The molecule has 1 aromatic carbocycles. The summed E-state index contributed by atoms with van der Waals surface area (Å²) in [6.07, 6.45) is 8.55. The van der Waals surface area contributed by atoms with E-state index in [0.29, 0.717) is 18.4 Å². The summed E-state index contributed by atoms with van der Waals surface area (Å²) in [5.74, 6) is 2.34. The summed E-state index contributed by atoms with van der Waals surface area (Å²) >= 11 is 0. The Morgan fingerprint density at radius 2 is 2.12 bits per heavy atom. The van der Waals surface area contributed by atoms with Gasteiger partial charge in [0.25, 0.3) is 0 Å². The number of imidazole rings is 1. The molecule has 1 fully saturated rings. The van der Waals surface area contributed by atoms with Crippen molar-refractivity contribution in [1.82, 2.24) is 14.5 Å². The van der Waals surface area contributed by atoms with Gasteiger partial charge < -0.3 is 15.2 Å². The van der Waals surface area contributed by atoms with Crippen LogP contribution in [-0.2, 0) is 19.5 Å². The molecular formula is C20H30IN5. The predicted molar refractivity (Wildman–Crippen MR) is 118 cm³/mol. The SMILES string of the molecule is CC1CCCN(C(N)=NCc2nccn2CCCc2ccccc2)C1.I. The van der Waals surface area contributed by atoms with Gasteiger partial charge in [-0.1, -0.05) is 37.3 Å². The Morgan fingerprint density at radius 3 is 2.88 bits per heavy atom. The minimum Gasteiger partial charge on any atom is -0.370 e. The van der Waals surface area contributed by atoms with Gasteiger partial charge in [-0.15, -0.1) is 24.0 Å². The van der Waals surface area contributed by atoms with Crippen LogP contribution in [0.25, 0.3) is 0 Å². The fraction of sp³-hybridized carbons (Fsp3) is 0.500. The number of aromatic nitrogens is 2. The highest BCUT2D eigenvalue weighted by atomic mass is 127. The van der Waals surface area contributed by atoms with Gasteiger partial charge in [0.05, 0.1) is 0 Å². The molecule has 2 heterocycles. The van der Waals surface area contributed by atoms with Gasteiger partial charge in [-0.2, -0.15) is 0 Å². The molecule has 0 saturated carbocycles. The zero-order valence-corrected chi connectivity index (χ0v) is 17.9. The molecule has 3 rings (SSSR count). The lowest BCUT2D eigenvalue weighted by Gasteiger charge is -2.31. The Kier molecular flexibility index (Phi) is 8.41. The molecule has 1 aliphatic rings. The Bertz CT molecular complexity index is 683. The average Bonchev–Trinajstić information content (AvgIpc) is 3.08. The quantitative estimate of drug-likeness (QED) is 0.401. The first-order valence-corrected chi connectivity index (χ1v) is 9.31. The number of nitrogens with zero attached hydrogens (tertiary/aromatic N) is 4. The lowest BCUT2D eigenvalue weighted by atomic mass is 10.0. The lowest BCUT2D eigenvalue weighted by Crippen LogP contribution is -2.43. The minimum absolute atomic E-state index is 0. The molecule has 0 spiro atoms. The molecule has 6 heteroatoms. The van der Waals surface area contributed by atoms with Crippen molar-refractivity contribution in [2.24, 2.45) is 16.6 Å². The second-order valence-electron chi connectivity index (χ2n) is 6.99. The van der Waals surface area contributed by atoms with Gasteiger partial charge in [0, 0.05) is 32.0 Å². The molecule has 0 bridgehead atoms. The lowest BCUT2D eigenvalue weighted by molar-refractivity contribution is 0.270. The molecule has 1 aliphatic heterocycles. The minimum atomic E-state index is 0. The summed E-state index contributed by atoms with van der Waals surface area (Å²) in [6.45, 7) is 5.82. The first-order valence-electron chi connectivity index (χ1n) is 9.31. The molecule has 1 aromatic heterocycles. The molecule has 0 radical (unpaired) electrons. The molecule has 26 heavy (non-hydrogen) atoms. The normalized spacial score (nSPS) is 17.8. The number of nitrogens with two attached hydrogens (primary N) is 1. The summed E-state index contributed by atoms with van der Waals surface area (Å²) in [4.78, 5) is 11.2. The number of rotatable bonds is 6. The first-order chi connectivity index (χ1) is 12.2. The molecule has 0 amide bonds. The molecule has 5 nitrogen and oxygen atoms in total. The second-order valence-corrected chi connectivity index (χ2v) is 6.99. The number of aryl methyl sites for hydroxylation is 2. The molecule has 142 valence electrons. The average molecular weight is 467 g/mol. The highest BCUT2D eigenvalue weighted by Gasteiger charge is 2.17. The summed E-state index contributed by atoms with van der Waals surface area (Å²) in [5, 5.41) is 0. The van der Waals surface area contributed by atoms with Crippen molar-refractivity contribution in [1.29, 1.82) is 0 Å². The van der Waals surface area contributed by atoms with Crippen LogP contribution in [-0.4, -0.2) is 33.5 Å². The molecule has 2 aromatic rings. The largest absolute Gasteiger partial charge is 0.370 e. The van der Waals surface area contributed by atoms with E-state index >= 15 is 0 Å². The summed E-state index contributed by atoms with van der Waals surface area (Å²) in [7, 11) is 0. The third-order valence-corrected chi connectivity index (χ3v) is 4.87. The van der Waals surface area contributed by atoms with Crippen LogP contribution in [0.1, 0.15) is 37.6 Å². The van der Waals surface area contributed by atoms with Crippen LogP contribution in [0, 0.1) is 5.92 Å². The fourth-order valence-electron chi connectivity index (χ4n) is 3.44. The van der Waals surface area contributed by atoms with E-state index in [1.54, 1.807) is 0 Å². The van der Waals surface area contributed by atoms with E-state index in [0.717, 1.165) is 38.3 Å². The van der Waals surface area contributed by atoms with Gasteiger partial charge in [-0.05, 0) is 37.2 Å². The number of hydrogen-bond donors (Lipinski definition) is 1. The molecule has 1 unspecified atom stereocenters. The van der Waals surface area contributed by atoms with Crippen LogP contribution in [0.4, 0.5) is 0 Å². The smallest absolute Gasteiger partial charge is 0.191 e. The maximum Gasteiger partial charge on any atom is 0.191 e. The van der Waals surface area contributed by atoms with Gasteiger partial charge in [0.1, 0.15) is 12.4 Å². The number of hydrogen-bond acceptors (Lipinski definition) is 2. The predicted octanol–water partition coefficient (Wildman–Crippen LogP) is 3.68. The Labute approximate surface area is 173 Å². The third-order valence-electron chi connectivity index (χ3n) is 4.87. The zero-order chi connectivity index (χ0) is 17.5. The van der Waals surface area contributed by atoms with E-state index in [1.807, 2.05) is 12.4 Å². The number of aliphatic imine (C=N–C) groups is 1. The Morgan fingerprint density at radius 1 is 1.31 bits per heavy atom. The van der Waals surface area contributed by atoms with E-state index in [2.05, 4.69) is 56.7 Å². The molecule has 1 atom stereocenters. The molecule has 1 saturated heterocycles. The van der Waals surface area contributed by atoms with Crippen molar-refractivity contribution in [3.8, 4) is 0 Å². The van der Waals surface area contributed by atoms with Crippen molar-refractivity contribution in [3.05, 3.63) is 54.1 Å². The van der Waals surface area contributed by atoms with Gasteiger partial charge in [0.2, 0.25) is 0 Å². The second kappa shape index (κ2) is 10.5. The summed E-state index contributed by atoms with van der Waals surface area (Å²) in [6, 6.07) is 10.6. The highest BCUT2D eigenvalue weighted by molar-refractivity contribution is 14.0. The van der Waals surface area contributed by atoms with Crippen LogP contribution < -0.4 is 5.73 Å². The maximum atomic E-state index is 6.19. The number of likely N-dealkylation sites (tertiary alicyclic amines) is 1. The molecule has 2 N–H and O–H groups in total. The first kappa shape index (κ1) is 20.7. The molecular weight excluding hydrogens is 437 g/mol. The highest BCUT2D eigenvalue weighted by Crippen LogP contribution is 2.15. The van der Waals surface area contributed by atoms with E-state index in [9.17, 15) is 0 Å². The summed E-state index contributed by atoms with van der Waals surface area (Å²) < 4.78 is 2.19. The Balaban J connectivity index is 0.00000243. The van der Waals surface area contributed by atoms with E-state index < -0.39 is 0 Å². The van der Waals surface area contributed by atoms with Crippen molar-refractivity contribution < 1.29 is 0 Å². The van der Waals surface area contributed by atoms with Crippen molar-refractivity contribution >= 4 is 29.9 Å². The molecule has 0 aliphatic carbocycles. The van der Waals surface area contributed by atoms with Gasteiger partial charge in [-0.3, -0.25) is 0 Å². The van der Waals surface area contributed by atoms with Crippen molar-refractivity contribution in [2.75, 3.05) is 13.1 Å². The van der Waals surface area contributed by atoms with Gasteiger partial charge in [-0.25, -0.2) is 9.98 Å². The number of piperidine rings is 1. The van der Waals surface area contributed by atoms with Crippen molar-refractivity contribution in [2.45, 2.75) is 45.7 Å². The van der Waals surface area contributed by atoms with Crippen LogP contribution in [0.2, 0.25) is 0 Å². The number of guanidine groups is 1. The standard InChI is InChI=1S/C20H29N5.HI/c1-17-7-5-13-25(16-17)20(21)23-15-19-22-11-14-24(19)12-6-10-18-8-3-2-4-9-18;/h2-4,8-9,11,14,17H,5-7,10,12-13,15-16H2,1H3,(H2,21,23);1H. The third kappa shape index (κ3) is 6.00. The fourth-order valence-corrected chi connectivity index (χ4v) is 3.44. The summed E-state index contributed by atoms with van der Waals surface area (Å²) in [5.41, 5.74) is 7.57. The van der Waals surface area contributed by atoms with Crippen LogP contribution in [0.15, 0.2) is 47.7 Å². The van der Waals surface area contributed by atoms with Crippen LogP contribution in [0.3, 0.4) is 0 Å². The van der Waals surface area contributed by atoms with E-state index in [4.69, 9.17) is 5.73 Å². The van der Waals surface area contributed by atoms with Gasteiger partial charge >= 0.3 is 0 Å². The van der Waals surface area contributed by atoms with Crippen LogP contribution >= 0.6 is 24.0 Å². The topological polar surface area (TPSA) is 59.4 Å². The Hall–Kier alpha value is -1.57. The number of halogens is 1. The van der Waals surface area contributed by atoms with Crippen LogP contribution in [0.5, 0.6) is 0 Å². The van der Waals surface area contributed by atoms with E-state index in [-0.39, 0.29) is 24.0 Å². The maximum absolute atomic E-state index is 6.19. The van der Waals surface area contributed by atoms with Crippen molar-refractivity contribution in [3.63, 3.8) is 0 Å². The van der Waals surface area contributed by atoms with E-state index in [1.165, 1.54) is 18.4 Å². The monoisotopic (exact) mass is 467 g/mol. The van der Waals surface area contributed by atoms with Gasteiger partial charge in [0.15, 0.2) is 5.96 Å². The zero-order valence-electron chi connectivity index (χ0n) is 15.6.